The molecule has 0 saturated heterocycles. The fraction of sp³-hybridized carbons (Fsp3) is 0.154. The molecule has 0 spiro atoms. The number of aryl methyl sites for hydroxylation is 1. The molecule has 0 aliphatic rings. The molecule has 2 aromatic heterocycles. The van der Waals surface area contributed by atoms with Crippen LogP contribution in [0.15, 0.2) is 28.1 Å². The molecule has 4 nitrogen and oxygen atoms in total. The Kier molecular flexibility index (Phi) is 3.20. The van der Waals surface area contributed by atoms with Crippen LogP contribution in [0.3, 0.4) is 0 Å². The van der Waals surface area contributed by atoms with Gasteiger partial charge >= 0.3 is 0 Å². The average molecular weight is 335 g/mol. The molecular formula is C13H11BrN4S. The van der Waals surface area contributed by atoms with Crippen molar-refractivity contribution < 1.29 is 0 Å². The van der Waals surface area contributed by atoms with Gasteiger partial charge in [0.1, 0.15) is 11.5 Å². The summed E-state index contributed by atoms with van der Waals surface area (Å²) in [6, 6.07) is 5.97. The van der Waals surface area contributed by atoms with Crippen molar-refractivity contribution in [3.8, 4) is 11.5 Å². The second-order valence-electron chi connectivity index (χ2n) is 4.06. The van der Waals surface area contributed by atoms with Gasteiger partial charge in [-0.2, -0.15) is 0 Å². The lowest BCUT2D eigenvalue weighted by Crippen LogP contribution is -1.99. The number of hydrogen-bond acceptors (Lipinski definition) is 5. The molecule has 3 aromatic rings. The molecule has 0 aliphatic carbocycles. The minimum atomic E-state index is 0.656. The van der Waals surface area contributed by atoms with Crippen molar-refractivity contribution in [3.63, 3.8) is 0 Å². The zero-order valence-corrected chi connectivity index (χ0v) is 12.8. The van der Waals surface area contributed by atoms with Crippen LogP contribution in [-0.4, -0.2) is 22.0 Å². The van der Waals surface area contributed by atoms with E-state index in [1.807, 2.05) is 37.6 Å². The number of benzene rings is 1. The maximum absolute atomic E-state index is 4.58. The van der Waals surface area contributed by atoms with E-state index >= 15 is 0 Å². The summed E-state index contributed by atoms with van der Waals surface area (Å²) in [5.41, 5.74) is 1.73. The first-order valence-corrected chi connectivity index (χ1v) is 7.42. The number of aromatic nitrogens is 3. The van der Waals surface area contributed by atoms with Gasteiger partial charge in [0, 0.05) is 22.3 Å². The van der Waals surface area contributed by atoms with Crippen molar-refractivity contribution >= 4 is 44.0 Å². The fourth-order valence-electron chi connectivity index (χ4n) is 1.87. The van der Waals surface area contributed by atoms with Gasteiger partial charge in [-0.25, -0.2) is 15.0 Å². The van der Waals surface area contributed by atoms with E-state index in [4.69, 9.17) is 0 Å². The van der Waals surface area contributed by atoms with Crippen LogP contribution in [0.2, 0.25) is 0 Å². The lowest BCUT2D eigenvalue weighted by Gasteiger charge is -2.07. The van der Waals surface area contributed by atoms with E-state index in [0.717, 1.165) is 31.9 Å². The summed E-state index contributed by atoms with van der Waals surface area (Å²) in [6.07, 6.45) is 0. The molecule has 1 N–H and O–H groups in total. The standard InChI is InChI=1S/C13H11BrN4S/c1-7-16-11(6-19-7)13-17-10-4-3-8(14)5-9(10)12(15-2)18-13/h3-6H,1-2H3,(H,15,17,18). The number of fused-ring (bicyclic) bond motifs is 1. The van der Waals surface area contributed by atoms with Crippen molar-refractivity contribution in [3.05, 3.63) is 33.1 Å². The average Bonchev–Trinajstić information content (AvgIpc) is 2.84. The van der Waals surface area contributed by atoms with Gasteiger partial charge in [0.25, 0.3) is 0 Å². The van der Waals surface area contributed by atoms with Gasteiger partial charge in [0.05, 0.1) is 10.5 Å². The highest BCUT2D eigenvalue weighted by molar-refractivity contribution is 9.10. The first kappa shape index (κ1) is 12.5. The third kappa shape index (κ3) is 2.33. The molecule has 0 unspecified atom stereocenters. The lowest BCUT2D eigenvalue weighted by molar-refractivity contribution is 1.17. The Morgan fingerprint density at radius 2 is 2.05 bits per heavy atom. The quantitative estimate of drug-likeness (QED) is 0.772. The Bertz CT molecular complexity index is 753. The van der Waals surface area contributed by atoms with Gasteiger partial charge < -0.3 is 5.32 Å². The summed E-state index contributed by atoms with van der Waals surface area (Å²) < 4.78 is 1.01. The SMILES string of the molecule is CNc1nc(-c2csc(C)n2)nc2ccc(Br)cc12. The van der Waals surface area contributed by atoms with E-state index in [2.05, 4.69) is 36.2 Å². The van der Waals surface area contributed by atoms with Gasteiger partial charge in [-0.05, 0) is 25.1 Å². The summed E-state index contributed by atoms with van der Waals surface area (Å²) in [4.78, 5) is 13.6. The Morgan fingerprint density at radius 1 is 1.21 bits per heavy atom. The van der Waals surface area contributed by atoms with Crippen LogP contribution in [0.4, 0.5) is 5.82 Å². The number of halogens is 1. The summed E-state index contributed by atoms with van der Waals surface area (Å²) in [7, 11) is 1.86. The first-order chi connectivity index (χ1) is 9.17. The third-order valence-corrected chi connectivity index (χ3v) is 4.01. The molecule has 0 amide bonds. The van der Waals surface area contributed by atoms with Crippen molar-refractivity contribution in [2.45, 2.75) is 6.92 Å². The van der Waals surface area contributed by atoms with E-state index in [9.17, 15) is 0 Å². The molecule has 1 aromatic carbocycles. The minimum absolute atomic E-state index is 0.656. The number of thiazole rings is 1. The van der Waals surface area contributed by atoms with Gasteiger partial charge in [-0.1, -0.05) is 15.9 Å². The Morgan fingerprint density at radius 3 is 2.74 bits per heavy atom. The Hall–Kier alpha value is -1.53. The summed E-state index contributed by atoms with van der Waals surface area (Å²) in [5, 5.41) is 7.11. The molecule has 0 radical (unpaired) electrons. The molecule has 3 rings (SSSR count). The number of rotatable bonds is 2. The van der Waals surface area contributed by atoms with Crippen molar-refractivity contribution in [2.75, 3.05) is 12.4 Å². The van der Waals surface area contributed by atoms with Crippen molar-refractivity contribution in [1.29, 1.82) is 0 Å². The van der Waals surface area contributed by atoms with E-state index in [-0.39, 0.29) is 0 Å². The molecule has 2 heterocycles. The lowest BCUT2D eigenvalue weighted by atomic mass is 10.2. The second kappa shape index (κ2) is 4.86. The van der Waals surface area contributed by atoms with Crippen LogP contribution in [0.25, 0.3) is 22.4 Å². The number of nitrogens with zero attached hydrogens (tertiary/aromatic N) is 3. The van der Waals surface area contributed by atoms with E-state index in [1.54, 1.807) is 11.3 Å². The van der Waals surface area contributed by atoms with Crippen LogP contribution in [0.1, 0.15) is 5.01 Å². The highest BCUT2D eigenvalue weighted by atomic mass is 79.9. The highest BCUT2D eigenvalue weighted by Crippen LogP contribution is 2.27. The normalized spacial score (nSPS) is 10.9. The van der Waals surface area contributed by atoms with Crippen molar-refractivity contribution in [1.82, 2.24) is 15.0 Å². The largest absolute Gasteiger partial charge is 0.373 e. The number of hydrogen-bond donors (Lipinski definition) is 1. The third-order valence-electron chi connectivity index (χ3n) is 2.74. The molecule has 0 aliphatic heterocycles. The van der Waals surface area contributed by atoms with Crippen LogP contribution in [0, 0.1) is 6.92 Å². The Balaban J connectivity index is 2.25. The molecule has 0 fully saturated rings. The molecule has 96 valence electrons. The summed E-state index contributed by atoms with van der Waals surface area (Å²) >= 11 is 5.07. The van der Waals surface area contributed by atoms with Gasteiger partial charge in [-0.15, -0.1) is 11.3 Å². The zero-order chi connectivity index (χ0) is 13.4. The summed E-state index contributed by atoms with van der Waals surface area (Å²) in [5.74, 6) is 1.47. The number of nitrogens with one attached hydrogen (secondary N) is 1. The van der Waals surface area contributed by atoms with Crippen LogP contribution >= 0.6 is 27.3 Å². The topological polar surface area (TPSA) is 50.7 Å². The molecule has 6 heteroatoms. The molecule has 0 bridgehead atoms. The van der Waals surface area contributed by atoms with E-state index in [1.165, 1.54) is 0 Å². The molecule has 0 saturated carbocycles. The van der Waals surface area contributed by atoms with E-state index in [0.29, 0.717) is 5.82 Å². The zero-order valence-electron chi connectivity index (χ0n) is 10.4. The second-order valence-corrected chi connectivity index (χ2v) is 6.04. The van der Waals surface area contributed by atoms with E-state index < -0.39 is 0 Å². The molecule has 0 atom stereocenters. The van der Waals surface area contributed by atoms with Crippen LogP contribution in [0.5, 0.6) is 0 Å². The van der Waals surface area contributed by atoms with Gasteiger partial charge in [0.15, 0.2) is 5.82 Å². The molecule has 19 heavy (non-hydrogen) atoms. The minimum Gasteiger partial charge on any atom is -0.373 e. The van der Waals surface area contributed by atoms with Crippen molar-refractivity contribution in [2.24, 2.45) is 0 Å². The smallest absolute Gasteiger partial charge is 0.181 e. The summed E-state index contributed by atoms with van der Waals surface area (Å²) in [6.45, 7) is 1.98. The predicted octanol–water partition coefficient (Wildman–Crippen LogP) is 3.87. The maximum atomic E-state index is 4.58. The van der Waals surface area contributed by atoms with Crippen LogP contribution < -0.4 is 5.32 Å². The highest BCUT2D eigenvalue weighted by Gasteiger charge is 2.11. The maximum Gasteiger partial charge on any atom is 0.181 e. The fourth-order valence-corrected chi connectivity index (χ4v) is 2.82. The Labute approximate surface area is 123 Å². The molecular weight excluding hydrogens is 324 g/mol. The predicted molar refractivity (Wildman–Crippen MR) is 82.6 cm³/mol. The van der Waals surface area contributed by atoms with Crippen LogP contribution in [-0.2, 0) is 0 Å². The monoisotopic (exact) mass is 334 g/mol. The van der Waals surface area contributed by atoms with Gasteiger partial charge in [0.2, 0.25) is 0 Å². The van der Waals surface area contributed by atoms with Gasteiger partial charge in [-0.3, -0.25) is 0 Å². The number of anilines is 1. The first-order valence-electron chi connectivity index (χ1n) is 5.75.